The molecule has 0 bridgehead atoms. The molecule has 0 unspecified atom stereocenters. The molecule has 2 rings (SSSR count). The average Bonchev–Trinajstić information content (AvgIpc) is 2.65. The maximum atomic E-state index is 10.9. The molecule has 26 heavy (non-hydrogen) atoms. The Morgan fingerprint density at radius 1 is 0.962 bits per heavy atom. The first kappa shape index (κ1) is 20.0. The van der Waals surface area contributed by atoms with E-state index in [1.807, 2.05) is 31.5 Å². The summed E-state index contributed by atoms with van der Waals surface area (Å²) in [5.41, 5.74) is 2.00. The molecule has 6 nitrogen and oxygen atoms in total. The molecule has 0 radical (unpaired) electrons. The van der Waals surface area contributed by atoms with Crippen LogP contribution < -0.4 is 4.74 Å². The minimum atomic E-state index is -0.335. The molecule has 0 aliphatic rings. The zero-order chi connectivity index (χ0) is 18.6. The first-order valence-electron chi connectivity index (χ1n) is 8.94. The van der Waals surface area contributed by atoms with Gasteiger partial charge in [0, 0.05) is 38.1 Å². The van der Waals surface area contributed by atoms with Gasteiger partial charge in [-0.3, -0.25) is 4.79 Å². The summed E-state index contributed by atoms with van der Waals surface area (Å²) < 4.78 is 15.7. The van der Waals surface area contributed by atoms with Crippen LogP contribution in [0.3, 0.4) is 0 Å². The number of hydrogen-bond acceptors (Lipinski definition) is 6. The Balaban J connectivity index is 1.73. The summed E-state index contributed by atoms with van der Waals surface area (Å²) >= 11 is 0. The third kappa shape index (κ3) is 7.29. The summed E-state index contributed by atoms with van der Waals surface area (Å²) in [6.07, 6.45) is 6.69. The molecule has 6 heteroatoms. The molecule has 0 fully saturated rings. The standard InChI is InChI=1S/C20H26N2O4/c1-3-24-12-13-25-11-5-4-6-17-14-21-20(22-15-17)18-7-9-19(10-8-18)26-16(2)23/h7-10,14-15H,3-6,11-13H2,1-2H3. The average molecular weight is 358 g/mol. The fourth-order valence-corrected chi connectivity index (χ4v) is 2.37. The van der Waals surface area contributed by atoms with Gasteiger partial charge in [-0.05, 0) is 56.0 Å². The SMILES string of the molecule is CCOCCOCCCCc1cnc(-c2ccc(OC(C)=O)cc2)nc1. The van der Waals surface area contributed by atoms with Gasteiger partial charge in [0.15, 0.2) is 5.82 Å². The molecule has 1 aromatic carbocycles. The van der Waals surface area contributed by atoms with Crippen LogP contribution in [0.2, 0.25) is 0 Å². The summed E-state index contributed by atoms with van der Waals surface area (Å²) in [6, 6.07) is 7.15. The molecule has 0 aliphatic heterocycles. The van der Waals surface area contributed by atoms with Gasteiger partial charge < -0.3 is 14.2 Å². The number of rotatable bonds is 11. The summed E-state index contributed by atoms with van der Waals surface area (Å²) in [5.74, 6) is 0.835. The van der Waals surface area contributed by atoms with Crippen LogP contribution in [-0.4, -0.2) is 42.4 Å². The van der Waals surface area contributed by atoms with Crippen molar-refractivity contribution in [3.05, 3.63) is 42.2 Å². The molecule has 0 saturated heterocycles. The molecule has 0 N–H and O–H groups in total. The quantitative estimate of drug-likeness (QED) is 0.348. The van der Waals surface area contributed by atoms with Crippen LogP contribution in [0.25, 0.3) is 11.4 Å². The minimum Gasteiger partial charge on any atom is -0.427 e. The molecule has 0 atom stereocenters. The van der Waals surface area contributed by atoms with Gasteiger partial charge in [0.2, 0.25) is 0 Å². The van der Waals surface area contributed by atoms with E-state index in [1.54, 1.807) is 12.1 Å². The molecule has 0 spiro atoms. The molecule has 0 saturated carbocycles. The highest BCUT2D eigenvalue weighted by atomic mass is 16.5. The second-order valence-electron chi connectivity index (χ2n) is 5.80. The molecule has 2 aromatic rings. The van der Waals surface area contributed by atoms with Crippen molar-refractivity contribution in [1.29, 1.82) is 0 Å². The molecule has 140 valence electrons. The second kappa shape index (κ2) is 11.3. The maximum Gasteiger partial charge on any atom is 0.308 e. The van der Waals surface area contributed by atoms with E-state index in [2.05, 4.69) is 9.97 Å². The van der Waals surface area contributed by atoms with Gasteiger partial charge >= 0.3 is 5.97 Å². The largest absolute Gasteiger partial charge is 0.427 e. The van der Waals surface area contributed by atoms with Crippen LogP contribution in [0.4, 0.5) is 0 Å². The van der Waals surface area contributed by atoms with Crippen LogP contribution >= 0.6 is 0 Å². The van der Waals surface area contributed by atoms with E-state index >= 15 is 0 Å². The van der Waals surface area contributed by atoms with E-state index < -0.39 is 0 Å². The van der Waals surface area contributed by atoms with Crippen molar-refractivity contribution in [3.63, 3.8) is 0 Å². The summed E-state index contributed by atoms with van der Waals surface area (Å²) in [6.45, 7) is 6.15. The monoisotopic (exact) mass is 358 g/mol. The smallest absolute Gasteiger partial charge is 0.308 e. The predicted molar refractivity (Wildman–Crippen MR) is 99.0 cm³/mol. The minimum absolute atomic E-state index is 0.335. The number of benzene rings is 1. The van der Waals surface area contributed by atoms with Crippen molar-refractivity contribution in [2.75, 3.05) is 26.4 Å². The van der Waals surface area contributed by atoms with Crippen molar-refractivity contribution in [2.24, 2.45) is 0 Å². The Morgan fingerprint density at radius 2 is 1.65 bits per heavy atom. The van der Waals surface area contributed by atoms with Gasteiger partial charge in [0.25, 0.3) is 0 Å². The summed E-state index contributed by atoms with van der Waals surface area (Å²) in [5, 5.41) is 0. The number of aromatic nitrogens is 2. The molecular formula is C20H26N2O4. The number of esters is 1. The maximum absolute atomic E-state index is 10.9. The lowest BCUT2D eigenvalue weighted by molar-refractivity contribution is -0.131. The van der Waals surface area contributed by atoms with Crippen LogP contribution in [0.1, 0.15) is 32.3 Å². The van der Waals surface area contributed by atoms with E-state index in [-0.39, 0.29) is 5.97 Å². The fourth-order valence-electron chi connectivity index (χ4n) is 2.37. The third-order valence-electron chi connectivity index (χ3n) is 3.66. The van der Waals surface area contributed by atoms with Crippen molar-refractivity contribution in [1.82, 2.24) is 9.97 Å². The van der Waals surface area contributed by atoms with Gasteiger partial charge in [-0.25, -0.2) is 9.97 Å². The molecular weight excluding hydrogens is 332 g/mol. The predicted octanol–water partition coefficient (Wildman–Crippen LogP) is 3.44. The van der Waals surface area contributed by atoms with E-state index in [9.17, 15) is 4.79 Å². The number of hydrogen-bond donors (Lipinski definition) is 0. The third-order valence-corrected chi connectivity index (χ3v) is 3.66. The highest BCUT2D eigenvalue weighted by Crippen LogP contribution is 2.19. The van der Waals surface area contributed by atoms with Gasteiger partial charge in [0.1, 0.15) is 5.75 Å². The number of carbonyl (C=O) groups is 1. The zero-order valence-electron chi connectivity index (χ0n) is 15.4. The van der Waals surface area contributed by atoms with Gasteiger partial charge in [-0.15, -0.1) is 0 Å². The second-order valence-corrected chi connectivity index (χ2v) is 5.80. The zero-order valence-corrected chi connectivity index (χ0v) is 15.4. The van der Waals surface area contributed by atoms with E-state index in [1.165, 1.54) is 6.92 Å². The van der Waals surface area contributed by atoms with Gasteiger partial charge in [-0.2, -0.15) is 0 Å². The Hall–Kier alpha value is -2.31. The molecule has 0 amide bonds. The Bertz CT molecular complexity index is 657. The van der Waals surface area contributed by atoms with Crippen molar-refractivity contribution < 1.29 is 19.0 Å². The fraction of sp³-hybridized carbons (Fsp3) is 0.450. The highest BCUT2D eigenvalue weighted by Gasteiger charge is 2.04. The van der Waals surface area contributed by atoms with Gasteiger partial charge in [0.05, 0.1) is 13.2 Å². The Morgan fingerprint density at radius 3 is 2.31 bits per heavy atom. The lowest BCUT2D eigenvalue weighted by atomic mass is 10.1. The number of carbonyl (C=O) groups excluding carboxylic acids is 1. The number of ether oxygens (including phenoxy) is 3. The van der Waals surface area contributed by atoms with Crippen molar-refractivity contribution >= 4 is 5.97 Å². The van der Waals surface area contributed by atoms with E-state index in [0.29, 0.717) is 24.8 Å². The number of unbranched alkanes of at least 4 members (excludes halogenated alkanes) is 1. The number of aryl methyl sites for hydroxylation is 1. The number of nitrogens with zero attached hydrogens (tertiary/aromatic N) is 2. The topological polar surface area (TPSA) is 70.5 Å². The molecule has 1 heterocycles. The summed E-state index contributed by atoms with van der Waals surface area (Å²) in [4.78, 5) is 19.8. The Kier molecular flexibility index (Phi) is 8.72. The molecule has 1 aromatic heterocycles. The Labute approximate surface area is 154 Å². The van der Waals surface area contributed by atoms with Crippen LogP contribution in [0.5, 0.6) is 5.75 Å². The van der Waals surface area contributed by atoms with Crippen LogP contribution in [-0.2, 0) is 20.7 Å². The first-order valence-corrected chi connectivity index (χ1v) is 8.94. The molecule has 0 aliphatic carbocycles. The van der Waals surface area contributed by atoms with E-state index in [4.69, 9.17) is 14.2 Å². The highest BCUT2D eigenvalue weighted by molar-refractivity contribution is 5.69. The van der Waals surface area contributed by atoms with Crippen LogP contribution in [0, 0.1) is 0 Å². The summed E-state index contributed by atoms with van der Waals surface area (Å²) in [7, 11) is 0. The van der Waals surface area contributed by atoms with Crippen LogP contribution in [0.15, 0.2) is 36.7 Å². The van der Waals surface area contributed by atoms with Crippen molar-refractivity contribution in [2.45, 2.75) is 33.1 Å². The first-order chi connectivity index (χ1) is 12.7. The van der Waals surface area contributed by atoms with Gasteiger partial charge in [-0.1, -0.05) is 0 Å². The van der Waals surface area contributed by atoms with Crippen molar-refractivity contribution in [3.8, 4) is 17.1 Å². The normalized spacial score (nSPS) is 10.7. The lowest BCUT2D eigenvalue weighted by Gasteiger charge is -2.06. The lowest BCUT2D eigenvalue weighted by Crippen LogP contribution is -2.05. The van der Waals surface area contributed by atoms with E-state index in [0.717, 1.165) is 43.6 Å².